The lowest BCUT2D eigenvalue weighted by molar-refractivity contribution is -0.116. The molecule has 2 aromatic rings. The van der Waals surface area contributed by atoms with Crippen LogP contribution < -0.4 is 10.6 Å². The standard InChI is InChI=1S/C22H33N5O3/c1-27-12-8-9-19(27)18-13-16-15-24-20(14-17(16)25-18)26-21(28)10-6-4-2-3-5-7-11-23-22(29)30/h13-15,19,23,25H,2-12H2,1H3,(H,29,30)(H,24,26,28)/t19-/m1/s1. The largest absolute Gasteiger partial charge is 0.465 e. The van der Waals surface area contributed by atoms with E-state index in [0.717, 1.165) is 56.0 Å². The van der Waals surface area contributed by atoms with Gasteiger partial charge in [-0.3, -0.25) is 9.69 Å². The molecule has 1 atom stereocenters. The Bertz CT molecular complexity index is 850. The quantitative estimate of drug-likeness (QED) is 0.410. The molecule has 1 aliphatic rings. The minimum absolute atomic E-state index is 0.00480. The van der Waals surface area contributed by atoms with Crippen LogP contribution in [0.25, 0.3) is 10.9 Å². The number of hydrogen-bond donors (Lipinski definition) is 4. The molecule has 164 valence electrons. The van der Waals surface area contributed by atoms with E-state index in [1.165, 1.54) is 18.5 Å². The molecule has 0 saturated carbocycles. The average Bonchev–Trinajstić information content (AvgIpc) is 3.31. The zero-order valence-corrected chi connectivity index (χ0v) is 17.7. The highest BCUT2D eigenvalue weighted by Gasteiger charge is 2.24. The van der Waals surface area contributed by atoms with Crippen LogP contribution in [0, 0.1) is 0 Å². The van der Waals surface area contributed by atoms with E-state index in [1.807, 2.05) is 12.3 Å². The molecule has 3 rings (SSSR count). The maximum absolute atomic E-state index is 12.2. The smallest absolute Gasteiger partial charge is 0.404 e. The topological polar surface area (TPSA) is 110 Å². The third kappa shape index (κ3) is 6.45. The van der Waals surface area contributed by atoms with Crippen molar-refractivity contribution in [1.82, 2.24) is 20.2 Å². The number of unbranched alkanes of at least 4 members (excludes halogenated alkanes) is 5. The van der Waals surface area contributed by atoms with Crippen molar-refractivity contribution in [2.45, 2.75) is 63.8 Å². The maximum atomic E-state index is 12.2. The van der Waals surface area contributed by atoms with Crippen molar-refractivity contribution in [1.29, 1.82) is 0 Å². The number of fused-ring (bicyclic) bond motifs is 1. The number of rotatable bonds is 11. The summed E-state index contributed by atoms with van der Waals surface area (Å²) in [5.41, 5.74) is 2.22. The van der Waals surface area contributed by atoms with Gasteiger partial charge in [-0.2, -0.15) is 0 Å². The van der Waals surface area contributed by atoms with Crippen LogP contribution in [0.5, 0.6) is 0 Å². The highest BCUT2D eigenvalue weighted by molar-refractivity contribution is 5.92. The molecule has 0 aromatic carbocycles. The first-order valence-electron chi connectivity index (χ1n) is 11.0. The van der Waals surface area contributed by atoms with Gasteiger partial charge in [0.25, 0.3) is 0 Å². The lowest BCUT2D eigenvalue weighted by atomic mass is 10.1. The lowest BCUT2D eigenvalue weighted by Gasteiger charge is -2.17. The number of carbonyl (C=O) groups is 2. The first kappa shape index (κ1) is 22.1. The fourth-order valence-corrected chi connectivity index (χ4v) is 4.12. The second kappa shape index (κ2) is 11.0. The van der Waals surface area contributed by atoms with Gasteiger partial charge in [0.15, 0.2) is 0 Å². The number of likely N-dealkylation sites (tertiary alicyclic amines) is 1. The van der Waals surface area contributed by atoms with Gasteiger partial charge in [0.05, 0.1) is 5.52 Å². The Kier molecular flexibility index (Phi) is 8.07. The van der Waals surface area contributed by atoms with E-state index in [-0.39, 0.29) is 5.91 Å². The van der Waals surface area contributed by atoms with E-state index in [9.17, 15) is 9.59 Å². The van der Waals surface area contributed by atoms with Crippen molar-refractivity contribution in [3.8, 4) is 0 Å². The van der Waals surface area contributed by atoms with Crippen molar-refractivity contribution in [3.63, 3.8) is 0 Å². The summed E-state index contributed by atoms with van der Waals surface area (Å²) in [6.07, 6.45) is 9.57. The second-order valence-electron chi connectivity index (χ2n) is 8.17. The van der Waals surface area contributed by atoms with Crippen LogP contribution in [0.4, 0.5) is 10.6 Å². The molecule has 0 aliphatic carbocycles. The number of amides is 2. The fourth-order valence-electron chi connectivity index (χ4n) is 4.12. The summed E-state index contributed by atoms with van der Waals surface area (Å²) in [5.74, 6) is 0.585. The molecule has 2 amide bonds. The zero-order chi connectivity index (χ0) is 21.3. The summed E-state index contributed by atoms with van der Waals surface area (Å²) < 4.78 is 0. The van der Waals surface area contributed by atoms with E-state index in [2.05, 4.69) is 38.6 Å². The molecule has 8 heteroatoms. The molecule has 0 unspecified atom stereocenters. The van der Waals surface area contributed by atoms with Crippen molar-refractivity contribution < 1.29 is 14.7 Å². The van der Waals surface area contributed by atoms with Crippen LogP contribution in [-0.2, 0) is 4.79 Å². The summed E-state index contributed by atoms with van der Waals surface area (Å²) in [7, 11) is 2.16. The summed E-state index contributed by atoms with van der Waals surface area (Å²) in [5, 5.41) is 14.8. The number of hydrogen-bond acceptors (Lipinski definition) is 4. The Morgan fingerprint density at radius 1 is 1.20 bits per heavy atom. The summed E-state index contributed by atoms with van der Waals surface area (Å²) in [6, 6.07) is 4.51. The Labute approximate surface area is 177 Å². The van der Waals surface area contributed by atoms with E-state index in [1.54, 1.807) is 0 Å². The monoisotopic (exact) mass is 415 g/mol. The number of H-pyrrole nitrogens is 1. The Morgan fingerprint density at radius 3 is 2.70 bits per heavy atom. The fraction of sp³-hybridized carbons (Fsp3) is 0.591. The van der Waals surface area contributed by atoms with Crippen LogP contribution in [0.1, 0.15) is 69.5 Å². The number of nitrogens with zero attached hydrogens (tertiary/aromatic N) is 2. The van der Waals surface area contributed by atoms with Crippen LogP contribution >= 0.6 is 0 Å². The predicted octanol–water partition coefficient (Wildman–Crippen LogP) is 4.27. The molecule has 1 aliphatic heterocycles. The van der Waals surface area contributed by atoms with E-state index in [4.69, 9.17) is 5.11 Å². The van der Waals surface area contributed by atoms with Crippen molar-refractivity contribution >= 4 is 28.7 Å². The van der Waals surface area contributed by atoms with Crippen molar-refractivity contribution in [3.05, 3.63) is 24.0 Å². The summed E-state index contributed by atoms with van der Waals surface area (Å²) in [6.45, 7) is 1.64. The zero-order valence-electron chi connectivity index (χ0n) is 17.7. The molecule has 0 bridgehead atoms. The van der Waals surface area contributed by atoms with E-state index in [0.29, 0.717) is 24.8 Å². The molecule has 0 spiro atoms. The first-order chi connectivity index (χ1) is 14.5. The SMILES string of the molecule is CN1CCC[C@@H]1c1cc2cnc(NC(=O)CCCCCCCCNC(=O)O)cc2[nH]1. The minimum atomic E-state index is -0.965. The highest BCUT2D eigenvalue weighted by Crippen LogP contribution is 2.32. The van der Waals surface area contributed by atoms with Crippen LogP contribution in [0.15, 0.2) is 18.3 Å². The number of aromatic amines is 1. The van der Waals surface area contributed by atoms with Crippen LogP contribution in [-0.4, -0.2) is 52.1 Å². The molecular formula is C22H33N5O3. The highest BCUT2D eigenvalue weighted by atomic mass is 16.4. The summed E-state index contributed by atoms with van der Waals surface area (Å²) in [4.78, 5) is 32.8. The second-order valence-corrected chi connectivity index (χ2v) is 8.17. The molecule has 30 heavy (non-hydrogen) atoms. The third-order valence-corrected chi connectivity index (χ3v) is 5.78. The molecule has 3 heterocycles. The molecule has 1 fully saturated rings. The van der Waals surface area contributed by atoms with E-state index < -0.39 is 6.09 Å². The number of nitrogens with one attached hydrogen (secondary N) is 3. The van der Waals surface area contributed by atoms with Gasteiger partial charge in [-0.05, 0) is 45.3 Å². The molecule has 1 saturated heterocycles. The maximum Gasteiger partial charge on any atom is 0.404 e. The summed E-state index contributed by atoms with van der Waals surface area (Å²) >= 11 is 0. The van der Waals surface area contributed by atoms with Gasteiger partial charge in [0, 0.05) is 42.4 Å². The average molecular weight is 416 g/mol. The van der Waals surface area contributed by atoms with Gasteiger partial charge >= 0.3 is 6.09 Å². The van der Waals surface area contributed by atoms with Gasteiger partial charge in [0.1, 0.15) is 5.82 Å². The molecule has 2 aromatic heterocycles. The molecule has 0 radical (unpaired) electrons. The van der Waals surface area contributed by atoms with Crippen LogP contribution in [0.2, 0.25) is 0 Å². The molecular weight excluding hydrogens is 382 g/mol. The van der Waals surface area contributed by atoms with Gasteiger partial charge in [0.2, 0.25) is 5.91 Å². The van der Waals surface area contributed by atoms with Gasteiger partial charge in [-0.15, -0.1) is 0 Å². The number of carboxylic acid groups (broad SMARTS) is 1. The van der Waals surface area contributed by atoms with Crippen molar-refractivity contribution in [2.75, 3.05) is 25.5 Å². The number of anilines is 1. The van der Waals surface area contributed by atoms with Gasteiger partial charge < -0.3 is 20.7 Å². The first-order valence-corrected chi connectivity index (χ1v) is 11.0. The molecule has 4 N–H and O–H groups in total. The minimum Gasteiger partial charge on any atom is -0.465 e. The third-order valence-electron chi connectivity index (χ3n) is 5.78. The lowest BCUT2D eigenvalue weighted by Crippen LogP contribution is -2.21. The normalized spacial score (nSPS) is 16.8. The number of pyridine rings is 1. The van der Waals surface area contributed by atoms with Gasteiger partial charge in [-0.25, -0.2) is 9.78 Å². The Balaban J connectivity index is 1.36. The number of aromatic nitrogens is 2. The van der Waals surface area contributed by atoms with Crippen LogP contribution in [0.3, 0.4) is 0 Å². The van der Waals surface area contributed by atoms with E-state index >= 15 is 0 Å². The molecule has 8 nitrogen and oxygen atoms in total. The van der Waals surface area contributed by atoms with Crippen molar-refractivity contribution in [2.24, 2.45) is 0 Å². The number of carbonyl (C=O) groups excluding carboxylic acids is 1. The Hall–Kier alpha value is -2.61. The predicted molar refractivity (Wildman–Crippen MR) is 118 cm³/mol. The Morgan fingerprint density at radius 2 is 1.97 bits per heavy atom. The van der Waals surface area contributed by atoms with Gasteiger partial charge in [-0.1, -0.05) is 25.7 Å².